The molecule has 8 aromatic rings. The number of fused-ring (bicyclic) bond motifs is 2. The molecule has 0 bridgehead atoms. The SMILES string of the molecule is CN1CCC(c2nccnc2Oc2ccc(C(=O)c3nc4ccccc4[nH]3)cc2)=CC1=O.CN1CCC(c2nccnc2Oc2ccc(C(=O)c3nc4ccccc4[nH]3)cc2)CC1=O. The van der Waals surface area contributed by atoms with E-state index in [-0.39, 0.29) is 35.1 Å². The predicted octanol–water partition coefficient (Wildman–Crippen LogP) is 7.33. The first kappa shape index (κ1) is 41.0. The second-order valence-electron chi connectivity index (χ2n) is 15.3. The number of nitrogens with one attached hydrogen (secondary N) is 2. The maximum absolute atomic E-state index is 12.8. The third-order valence-corrected chi connectivity index (χ3v) is 11.0. The van der Waals surface area contributed by atoms with E-state index in [4.69, 9.17) is 9.47 Å². The number of hydrogen-bond donors (Lipinski definition) is 2. The van der Waals surface area contributed by atoms with E-state index >= 15 is 0 Å². The van der Waals surface area contributed by atoms with Crippen LogP contribution >= 0.6 is 0 Å². The number of carbonyl (C=O) groups is 4. The molecule has 0 aliphatic carbocycles. The summed E-state index contributed by atoms with van der Waals surface area (Å²) in [7, 11) is 3.57. The van der Waals surface area contributed by atoms with Crippen molar-refractivity contribution in [3.63, 3.8) is 0 Å². The van der Waals surface area contributed by atoms with Gasteiger partial charge in [-0.15, -0.1) is 0 Å². The molecule has 4 aromatic heterocycles. The summed E-state index contributed by atoms with van der Waals surface area (Å²) in [6.07, 6.45) is 9.71. The van der Waals surface area contributed by atoms with E-state index in [0.717, 1.165) is 34.1 Å². The Bertz CT molecular complexity index is 3000. The van der Waals surface area contributed by atoms with E-state index in [9.17, 15) is 19.2 Å². The number of benzene rings is 4. The van der Waals surface area contributed by atoms with Gasteiger partial charge in [0.1, 0.15) is 22.9 Å². The summed E-state index contributed by atoms with van der Waals surface area (Å²) in [6, 6.07) is 28.6. The Morgan fingerprint density at radius 3 is 1.72 bits per heavy atom. The summed E-state index contributed by atoms with van der Waals surface area (Å²) in [6.45, 7) is 1.29. The van der Waals surface area contributed by atoms with Gasteiger partial charge in [-0.2, -0.15) is 0 Å². The van der Waals surface area contributed by atoms with Gasteiger partial charge in [-0.3, -0.25) is 24.2 Å². The summed E-state index contributed by atoms with van der Waals surface area (Å²) in [5, 5.41) is 0. The number of para-hydroxylation sites is 4. The lowest BCUT2D eigenvalue weighted by atomic mass is 9.93. The lowest BCUT2D eigenvalue weighted by Gasteiger charge is -2.28. The number of likely N-dealkylation sites (N-methyl/N-ethyl adjacent to an activating group) is 1. The van der Waals surface area contributed by atoms with E-state index < -0.39 is 0 Å². The Kier molecular flexibility index (Phi) is 11.5. The van der Waals surface area contributed by atoms with E-state index in [2.05, 4.69) is 39.9 Å². The number of carbonyl (C=O) groups excluding carboxylic acids is 4. The average molecular weight is 853 g/mol. The quantitative estimate of drug-likeness (QED) is 0.130. The molecule has 16 nitrogen and oxygen atoms in total. The van der Waals surface area contributed by atoms with Gasteiger partial charge in [0, 0.05) is 81.5 Å². The molecule has 64 heavy (non-hydrogen) atoms. The summed E-state index contributed by atoms with van der Waals surface area (Å²) in [5.74, 6) is 1.90. The monoisotopic (exact) mass is 852 g/mol. The number of aromatic nitrogens is 8. The Hall–Kier alpha value is -8.40. The zero-order valence-electron chi connectivity index (χ0n) is 34.8. The van der Waals surface area contributed by atoms with Gasteiger partial charge in [0.05, 0.1) is 22.1 Å². The van der Waals surface area contributed by atoms with Crippen LogP contribution in [-0.2, 0) is 9.59 Å². The van der Waals surface area contributed by atoms with Crippen LogP contribution in [0, 0.1) is 0 Å². The van der Waals surface area contributed by atoms with Crippen molar-refractivity contribution in [3.05, 3.63) is 162 Å². The fraction of sp³-hybridized carbons (Fsp3) is 0.167. The fourth-order valence-corrected chi connectivity index (χ4v) is 7.37. The highest BCUT2D eigenvalue weighted by molar-refractivity contribution is 6.08. The minimum Gasteiger partial charge on any atom is -0.437 e. The predicted molar refractivity (Wildman–Crippen MR) is 236 cm³/mol. The third kappa shape index (κ3) is 8.83. The molecule has 0 radical (unpaired) electrons. The number of likely N-dealkylation sites (tertiary alicyclic amines) is 1. The molecule has 1 saturated heterocycles. The molecule has 4 aromatic carbocycles. The van der Waals surface area contributed by atoms with Crippen molar-refractivity contribution >= 4 is 51.0 Å². The molecule has 16 heteroatoms. The van der Waals surface area contributed by atoms with E-state index in [1.165, 1.54) is 6.20 Å². The third-order valence-electron chi connectivity index (χ3n) is 11.0. The van der Waals surface area contributed by atoms with Gasteiger partial charge < -0.3 is 29.2 Å². The molecular weight excluding hydrogens is 813 g/mol. The smallest absolute Gasteiger partial charge is 0.246 e. The van der Waals surface area contributed by atoms with Crippen molar-refractivity contribution in [2.45, 2.75) is 25.2 Å². The Morgan fingerprint density at radius 2 is 1.16 bits per heavy atom. The molecule has 2 aliphatic rings. The summed E-state index contributed by atoms with van der Waals surface area (Å²) < 4.78 is 11.9. The van der Waals surface area contributed by atoms with Crippen LogP contribution in [0.4, 0.5) is 0 Å². The van der Waals surface area contributed by atoms with E-state index in [0.29, 0.717) is 77.5 Å². The number of rotatable bonds is 10. The van der Waals surface area contributed by atoms with Crippen molar-refractivity contribution in [1.82, 2.24) is 49.7 Å². The van der Waals surface area contributed by atoms with Crippen LogP contribution in [0.1, 0.15) is 68.9 Å². The van der Waals surface area contributed by atoms with Gasteiger partial charge in [0.25, 0.3) is 0 Å². The number of ketones is 2. The zero-order valence-corrected chi connectivity index (χ0v) is 34.8. The van der Waals surface area contributed by atoms with Crippen LogP contribution < -0.4 is 9.47 Å². The largest absolute Gasteiger partial charge is 0.437 e. The topological polar surface area (TPSA) is 202 Å². The Morgan fingerprint density at radius 1 is 0.625 bits per heavy atom. The van der Waals surface area contributed by atoms with Gasteiger partial charge in [-0.05, 0) is 91.2 Å². The van der Waals surface area contributed by atoms with Crippen LogP contribution in [0.5, 0.6) is 23.3 Å². The van der Waals surface area contributed by atoms with Crippen LogP contribution in [0.15, 0.2) is 128 Å². The average Bonchev–Trinajstić information content (AvgIpc) is 3.97. The highest BCUT2D eigenvalue weighted by Crippen LogP contribution is 2.34. The normalized spacial score (nSPS) is 15.1. The molecule has 0 saturated carbocycles. The highest BCUT2D eigenvalue weighted by Gasteiger charge is 2.29. The number of nitrogens with zero attached hydrogens (tertiary/aromatic N) is 8. The number of piperidine rings is 1. The van der Waals surface area contributed by atoms with E-state index in [1.807, 2.05) is 48.5 Å². The highest BCUT2D eigenvalue weighted by atomic mass is 16.5. The minimum absolute atomic E-state index is 0.0312. The molecule has 1 unspecified atom stereocenters. The first-order valence-corrected chi connectivity index (χ1v) is 20.5. The van der Waals surface area contributed by atoms with E-state index in [1.54, 1.807) is 97.1 Å². The van der Waals surface area contributed by atoms with Gasteiger partial charge in [-0.1, -0.05) is 24.3 Å². The van der Waals surface area contributed by atoms with Crippen LogP contribution in [-0.4, -0.2) is 100 Å². The number of amides is 2. The molecule has 318 valence electrons. The molecule has 10 rings (SSSR count). The van der Waals surface area contributed by atoms with Crippen molar-refractivity contribution < 1.29 is 28.7 Å². The zero-order chi connectivity index (χ0) is 44.2. The summed E-state index contributed by atoms with van der Waals surface area (Å²) in [5.41, 5.74) is 6.11. The first-order chi connectivity index (χ1) is 31.2. The lowest BCUT2D eigenvalue weighted by molar-refractivity contribution is -0.132. The standard InChI is InChI=1S/C24H21N5O3.C24H19N5O3/c2*1-29-13-10-16(14-20(29)30)21-24(26-12-11-25-21)32-17-8-6-15(7-9-17)22(31)23-27-18-4-2-3-5-19(18)28-23/h2-9,11-12,16H,10,13-14H2,1H3,(H,27,28);2-9,11-12,14H,10,13H2,1H3,(H,27,28). The van der Waals surface area contributed by atoms with Crippen molar-refractivity contribution in [3.8, 4) is 23.3 Å². The van der Waals surface area contributed by atoms with Gasteiger partial charge in [0.2, 0.25) is 35.1 Å². The maximum Gasteiger partial charge on any atom is 0.246 e. The van der Waals surface area contributed by atoms with Crippen LogP contribution in [0.25, 0.3) is 27.6 Å². The summed E-state index contributed by atoms with van der Waals surface area (Å²) >= 11 is 0. The second-order valence-corrected chi connectivity index (χ2v) is 15.3. The molecule has 6 heterocycles. The van der Waals surface area contributed by atoms with Crippen molar-refractivity contribution in [1.29, 1.82) is 0 Å². The number of aromatic amines is 2. The lowest BCUT2D eigenvalue weighted by Crippen LogP contribution is -2.35. The molecule has 1 atom stereocenters. The number of H-pyrrole nitrogens is 2. The molecular formula is C48H40N10O6. The maximum atomic E-state index is 12.8. The molecule has 1 fully saturated rings. The van der Waals surface area contributed by atoms with Crippen LogP contribution in [0.3, 0.4) is 0 Å². The molecule has 0 spiro atoms. The Labute approximate surface area is 366 Å². The minimum atomic E-state index is -0.206. The van der Waals surface area contributed by atoms with Crippen molar-refractivity contribution in [2.75, 3.05) is 27.2 Å². The van der Waals surface area contributed by atoms with Gasteiger partial charge in [-0.25, -0.2) is 24.9 Å². The van der Waals surface area contributed by atoms with Crippen LogP contribution in [0.2, 0.25) is 0 Å². The molecule has 2 amide bonds. The number of ether oxygens (including phenoxy) is 2. The van der Waals surface area contributed by atoms with Gasteiger partial charge in [0.15, 0.2) is 11.6 Å². The first-order valence-electron chi connectivity index (χ1n) is 20.5. The summed E-state index contributed by atoms with van der Waals surface area (Å²) in [4.78, 5) is 85.4. The Balaban J connectivity index is 0.000000162. The number of imidazole rings is 2. The molecule has 2 N–H and O–H groups in total. The molecule has 2 aliphatic heterocycles. The van der Waals surface area contributed by atoms with Crippen molar-refractivity contribution in [2.24, 2.45) is 0 Å². The fourth-order valence-electron chi connectivity index (χ4n) is 7.37. The second kappa shape index (κ2) is 17.9. The van der Waals surface area contributed by atoms with Gasteiger partial charge >= 0.3 is 0 Å². The number of hydrogen-bond acceptors (Lipinski definition) is 12.